The van der Waals surface area contributed by atoms with Gasteiger partial charge in [0.05, 0.1) is 22.2 Å². The Morgan fingerprint density at radius 2 is 2.00 bits per heavy atom. The normalized spacial score (nSPS) is 18.9. The molecule has 0 amide bonds. The maximum atomic E-state index is 11.9. The summed E-state index contributed by atoms with van der Waals surface area (Å²) in [5.41, 5.74) is 2.90. The number of aryl methyl sites for hydroxylation is 2. The molecule has 1 fully saturated rings. The zero-order valence-electron chi connectivity index (χ0n) is 15.9. The summed E-state index contributed by atoms with van der Waals surface area (Å²) in [6.45, 7) is 5.62. The summed E-state index contributed by atoms with van der Waals surface area (Å²) >= 11 is 12.0. The van der Waals surface area contributed by atoms with E-state index < -0.39 is 9.84 Å². The molecule has 0 aromatic heterocycles. The number of sulfone groups is 1. The SMILES string of the molecule is Cc1cc(C)c(NC(=S)N(CCCN(C)C)[C@@H]2CCS(=O)(=O)C2)c(Cl)c1. The van der Waals surface area contributed by atoms with Crippen molar-refractivity contribution in [2.24, 2.45) is 0 Å². The molecule has 1 saturated heterocycles. The lowest BCUT2D eigenvalue weighted by molar-refractivity contribution is 0.306. The number of benzene rings is 1. The van der Waals surface area contributed by atoms with Crippen LogP contribution in [0.15, 0.2) is 12.1 Å². The van der Waals surface area contributed by atoms with Gasteiger partial charge >= 0.3 is 0 Å². The van der Waals surface area contributed by atoms with Crippen LogP contribution < -0.4 is 5.32 Å². The molecule has 0 aliphatic carbocycles. The number of anilines is 1. The fraction of sp³-hybridized carbons (Fsp3) is 0.611. The molecular formula is C18H28ClN3O2S2. The van der Waals surface area contributed by atoms with Crippen LogP contribution in [0.4, 0.5) is 5.69 Å². The van der Waals surface area contributed by atoms with E-state index in [0.29, 0.717) is 23.1 Å². The summed E-state index contributed by atoms with van der Waals surface area (Å²) in [7, 11) is 1.07. The van der Waals surface area contributed by atoms with E-state index in [2.05, 4.69) is 10.2 Å². The highest BCUT2D eigenvalue weighted by molar-refractivity contribution is 7.91. The van der Waals surface area contributed by atoms with Crippen LogP contribution in [0.3, 0.4) is 0 Å². The van der Waals surface area contributed by atoms with Gasteiger partial charge in [0.1, 0.15) is 0 Å². The number of nitrogens with one attached hydrogen (secondary N) is 1. The average molecular weight is 418 g/mol. The molecular weight excluding hydrogens is 390 g/mol. The van der Waals surface area contributed by atoms with Gasteiger partial charge in [-0.3, -0.25) is 0 Å². The van der Waals surface area contributed by atoms with Gasteiger partial charge in [0, 0.05) is 12.6 Å². The second-order valence-electron chi connectivity index (χ2n) is 7.28. The minimum atomic E-state index is -2.98. The Kier molecular flexibility index (Phi) is 7.30. The zero-order valence-corrected chi connectivity index (χ0v) is 18.3. The Bertz CT molecular complexity index is 743. The molecule has 1 N–H and O–H groups in total. The maximum Gasteiger partial charge on any atom is 0.173 e. The average Bonchev–Trinajstić information content (AvgIpc) is 2.86. The van der Waals surface area contributed by atoms with Gasteiger partial charge in [0.15, 0.2) is 14.9 Å². The number of hydrogen-bond acceptors (Lipinski definition) is 4. The maximum absolute atomic E-state index is 11.9. The first-order valence-electron chi connectivity index (χ1n) is 8.78. The van der Waals surface area contributed by atoms with Crippen LogP contribution in [0.25, 0.3) is 0 Å². The molecule has 0 bridgehead atoms. The molecule has 0 unspecified atom stereocenters. The van der Waals surface area contributed by atoms with Crippen molar-refractivity contribution in [3.63, 3.8) is 0 Å². The Labute approximate surface area is 167 Å². The van der Waals surface area contributed by atoms with Crippen LogP contribution in [-0.4, -0.2) is 68.1 Å². The topological polar surface area (TPSA) is 52.6 Å². The highest BCUT2D eigenvalue weighted by Gasteiger charge is 2.33. The summed E-state index contributed by atoms with van der Waals surface area (Å²) in [5, 5.41) is 4.43. The van der Waals surface area contributed by atoms with Gasteiger partial charge in [-0.15, -0.1) is 0 Å². The lowest BCUT2D eigenvalue weighted by Gasteiger charge is -2.32. The van der Waals surface area contributed by atoms with Gasteiger partial charge in [-0.2, -0.15) is 0 Å². The van der Waals surface area contributed by atoms with Crippen LogP contribution in [0.2, 0.25) is 5.02 Å². The Morgan fingerprint density at radius 1 is 1.31 bits per heavy atom. The molecule has 1 aliphatic rings. The van der Waals surface area contributed by atoms with Crippen LogP contribution in [0, 0.1) is 13.8 Å². The first-order chi connectivity index (χ1) is 12.1. The highest BCUT2D eigenvalue weighted by Crippen LogP contribution is 2.28. The van der Waals surface area contributed by atoms with Gasteiger partial charge < -0.3 is 15.1 Å². The largest absolute Gasteiger partial charge is 0.345 e. The smallest absolute Gasteiger partial charge is 0.173 e. The summed E-state index contributed by atoms with van der Waals surface area (Å²) < 4.78 is 23.9. The summed E-state index contributed by atoms with van der Waals surface area (Å²) in [4.78, 5) is 4.14. The standard InChI is InChI=1S/C18H28ClN3O2S2/c1-13-10-14(2)17(16(19)11-13)20-18(25)22(8-5-7-21(3)4)15-6-9-26(23,24)12-15/h10-11,15H,5-9,12H2,1-4H3,(H,20,25)/t15-/m1/s1. The summed E-state index contributed by atoms with van der Waals surface area (Å²) in [5.74, 6) is 0.395. The van der Waals surface area contributed by atoms with E-state index in [9.17, 15) is 8.42 Å². The number of rotatable bonds is 6. The molecule has 1 heterocycles. The van der Waals surface area contributed by atoms with E-state index >= 15 is 0 Å². The van der Waals surface area contributed by atoms with Crippen molar-refractivity contribution in [2.45, 2.75) is 32.7 Å². The van der Waals surface area contributed by atoms with Crippen molar-refractivity contribution in [3.8, 4) is 0 Å². The van der Waals surface area contributed by atoms with Crippen LogP contribution >= 0.6 is 23.8 Å². The lowest BCUT2D eigenvalue weighted by Crippen LogP contribution is -2.44. The van der Waals surface area contributed by atoms with E-state index in [1.165, 1.54) is 0 Å². The van der Waals surface area contributed by atoms with Crippen molar-refractivity contribution in [1.29, 1.82) is 0 Å². The molecule has 0 radical (unpaired) electrons. The van der Waals surface area contributed by atoms with Gasteiger partial charge in [-0.05, 0) is 76.7 Å². The quantitative estimate of drug-likeness (QED) is 0.718. The third-order valence-electron chi connectivity index (χ3n) is 4.58. The highest BCUT2D eigenvalue weighted by atomic mass is 35.5. The van der Waals surface area contributed by atoms with Crippen molar-refractivity contribution in [3.05, 3.63) is 28.3 Å². The Morgan fingerprint density at radius 3 is 2.54 bits per heavy atom. The summed E-state index contributed by atoms with van der Waals surface area (Å²) in [6.07, 6.45) is 1.53. The van der Waals surface area contributed by atoms with E-state index in [1.54, 1.807) is 0 Å². The lowest BCUT2D eigenvalue weighted by atomic mass is 10.1. The summed E-state index contributed by atoms with van der Waals surface area (Å²) in [6, 6.07) is 3.87. The minimum absolute atomic E-state index is 0.0771. The van der Waals surface area contributed by atoms with Crippen LogP contribution in [0.1, 0.15) is 24.0 Å². The predicted octanol–water partition coefficient (Wildman–Crippen LogP) is 3.09. The van der Waals surface area contributed by atoms with E-state index in [4.69, 9.17) is 23.8 Å². The molecule has 1 aliphatic heterocycles. The molecule has 0 saturated carbocycles. The molecule has 2 rings (SSSR count). The molecule has 1 aromatic carbocycles. The Hall–Kier alpha value is -0.890. The second-order valence-corrected chi connectivity index (χ2v) is 10.3. The third-order valence-corrected chi connectivity index (χ3v) is 6.96. The second kappa shape index (κ2) is 8.87. The number of hydrogen-bond donors (Lipinski definition) is 1. The van der Waals surface area contributed by atoms with Crippen LogP contribution in [-0.2, 0) is 9.84 Å². The van der Waals surface area contributed by atoms with Gasteiger partial charge in [-0.1, -0.05) is 17.7 Å². The first-order valence-corrected chi connectivity index (χ1v) is 11.4. The number of thiocarbonyl (C=S) groups is 1. The zero-order chi connectivity index (χ0) is 19.5. The van der Waals surface area contributed by atoms with E-state index in [-0.39, 0.29) is 17.5 Å². The molecule has 8 heteroatoms. The van der Waals surface area contributed by atoms with E-state index in [0.717, 1.165) is 29.8 Å². The van der Waals surface area contributed by atoms with Crippen molar-refractivity contribution < 1.29 is 8.42 Å². The number of halogens is 1. The molecule has 5 nitrogen and oxygen atoms in total. The van der Waals surface area contributed by atoms with Crippen molar-refractivity contribution in [1.82, 2.24) is 9.80 Å². The van der Waals surface area contributed by atoms with Crippen molar-refractivity contribution in [2.75, 3.05) is 44.0 Å². The molecule has 1 aromatic rings. The monoisotopic (exact) mass is 417 g/mol. The van der Waals surface area contributed by atoms with Crippen LogP contribution in [0.5, 0.6) is 0 Å². The Balaban J connectivity index is 2.17. The molecule has 0 spiro atoms. The first kappa shape index (κ1) is 21.4. The van der Waals surface area contributed by atoms with Gasteiger partial charge in [0.25, 0.3) is 0 Å². The van der Waals surface area contributed by atoms with Gasteiger partial charge in [0.2, 0.25) is 0 Å². The van der Waals surface area contributed by atoms with Gasteiger partial charge in [-0.25, -0.2) is 8.42 Å². The minimum Gasteiger partial charge on any atom is -0.345 e. The fourth-order valence-corrected chi connectivity index (χ4v) is 5.72. The predicted molar refractivity (Wildman–Crippen MR) is 114 cm³/mol. The number of nitrogens with zero attached hydrogens (tertiary/aromatic N) is 2. The van der Waals surface area contributed by atoms with E-state index in [1.807, 2.05) is 45.0 Å². The molecule has 1 atom stereocenters. The third kappa shape index (κ3) is 5.81. The fourth-order valence-electron chi connectivity index (χ4n) is 3.28. The molecule has 146 valence electrons. The van der Waals surface area contributed by atoms with Crippen molar-refractivity contribution >= 4 is 44.5 Å². The molecule has 26 heavy (non-hydrogen) atoms.